The summed E-state index contributed by atoms with van der Waals surface area (Å²) in [6, 6.07) is 10.5. The third kappa shape index (κ3) is 6.84. The van der Waals surface area contributed by atoms with Crippen molar-refractivity contribution in [3.05, 3.63) is 51.5 Å². The second-order valence-corrected chi connectivity index (χ2v) is 7.38. The minimum atomic E-state index is 0.620. The topological polar surface area (TPSA) is 52.6 Å². The van der Waals surface area contributed by atoms with Gasteiger partial charge in [0.1, 0.15) is 5.01 Å². The summed E-state index contributed by atoms with van der Waals surface area (Å²) in [6.45, 7) is 10.5. The molecule has 0 spiro atoms. The van der Waals surface area contributed by atoms with Crippen molar-refractivity contribution in [1.82, 2.24) is 20.5 Å². The number of guanidine groups is 1. The number of likely N-dealkylation sites (N-methyl/N-ethyl adjacent to an activating group) is 1. The van der Waals surface area contributed by atoms with E-state index in [0.717, 1.165) is 42.8 Å². The van der Waals surface area contributed by atoms with Gasteiger partial charge in [-0.05, 0) is 33.4 Å². The summed E-state index contributed by atoms with van der Waals surface area (Å²) < 4.78 is 0. The minimum Gasteiger partial charge on any atom is -0.357 e. The van der Waals surface area contributed by atoms with Gasteiger partial charge < -0.3 is 15.5 Å². The third-order valence-corrected chi connectivity index (χ3v) is 4.93. The highest BCUT2D eigenvalue weighted by atomic mass is 32.1. The zero-order valence-electron chi connectivity index (χ0n) is 15.7. The van der Waals surface area contributed by atoms with Crippen LogP contribution in [0.25, 0.3) is 0 Å². The van der Waals surface area contributed by atoms with Crippen molar-refractivity contribution in [2.45, 2.75) is 33.9 Å². The van der Waals surface area contributed by atoms with Gasteiger partial charge in [-0.1, -0.05) is 30.3 Å². The number of aliphatic imine (C=N–C) groups is 1. The van der Waals surface area contributed by atoms with E-state index in [-0.39, 0.29) is 0 Å². The number of hydrogen-bond acceptors (Lipinski definition) is 4. The zero-order chi connectivity index (χ0) is 18.1. The lowest BCUT2D eigenvalue weighted by Gasteiger charge is -2.18. The molecule has 0 saturated heterocycles. The molecule has 0 radical (unpaired) electrons. The maximum atomic E-state index is 4.64. The van der Waals surface area contributed by atoms with Gasteiger partial charge in [-0.3, -0.25) is 0 Å². The van der Waals surface area contributed by atoms with Crippen molar-refractivity contribution in [3.63, 3.8) is 0 Å². The highest BCUT2D eigenvalue weighted by Gasteiger charge is 2.04. The summed E-state index contributed by atoms with van der Waals surface area (Å²) in [6.07, 6.45) is 0. The highest BCUT2D eigenvalue weighted by molar-refractivity contribution is 7.11. The summed E-state index contributed by atoms with van der Waals surface area (Å²) in [4.78, 5) is 12.8. The lowest BCUT2D eigenvalue weighted by atomic mass is 10.2. The Labute approximate surface area is 155 Å². The third-order valence-electron chi connectivity index (χ3n) is 3.87. The Kier molecular flexibility index (Phi) is 7.88. The molecule has 136 valence electrons. The maximum Gasteiger partial charge on any atom is 0.191 e. The molecule has 1 heterocycles. The van der Waals surface area contributed by atoms with Gasteiger partial charge in [-0.25, -0.2) is 9.98 Å². The number of benzene rings is 1. The molecule has 5 nitrogen and oxygen atoms in total. The van der Waals surface area contributed by atoms with Gasteiger partial charge >= 0.3 is 0 Å². The van der Waals surface area contributed by atoms with Crippen molar-refractivity contribution < 1.29 is 0 Å². The first kappa shape index (κ1) is 19.4. The predicted octanol–water partition coefficient (Wildman–Crippen LogP) is 2.95. The van der Waals surface area contributed by atoms with Gasteiger partial charge in [0.15, 0.2) is 5.96 Å². The van der Waals surface area contributed by atoms with Crippen LogP contribution in [0.3, 0.4) is 0 Å². The Morgan fingerprint density at radius 2 is 1.96 bits per heavy atom. The molecular weight excluding hydrogens is 330 g/mol. The van der Waals surface area contributed by atoms with E-state index in [4.69, 9.17) is 0 Å². The number of aromatic nitrogens is 1. The van der Waals surface area contributed by atoms with Crippen molar-refractivity contribution in [1.29, 1.82) is 0 Å². The summed E-state index contributed by atoms with van der Waals surface area (Å²) in [5.74, 6) is 0.848. The van der Waals surface area contributed by atoms with E-state index in [1.807, 2.05) is 6.92 Å². The summed E-state index contributed by atoms with van der Waals surface area (Å²) in [5.41, 5.74) is 2.44. The van der Waals surface area contributed by atoms with Crippen molar-refractivity contribution in [3.8, 4) is 0 Å². The molecule has 6 heteroatoms. The SMILES string of the molecule is CCNC(=NCc1nc(C)c(C)s1)NCCN(C)Cc1ccccc1. The minimum absolute atomic E-state index is 0.620. The molecule has 0 atom stereocenters. The van der Waals surface area contributed by atoms with E-state index in [9.17, 15) is 0 Å². The Hall–Kier alpha value is -1.92. The van der Waals surface area contributed by atoms with Crippen LogP contribution in [0.5, 0.6) is 0 Å². The molecule has 0 fully saturated rings. The average Bonchev–Trinajstić information content (AvgIpc) is 2.91. The van der Waals surface area contributed by atoms with Crippen LogP contribution in [0.2, 0.25) is 0 Å². The van der Waals surface area contributed by atoms with Gasteiger partial charge in [0.05, 0.1) is 12.2 Å². The molecule has 2 N–H and O–H groups in total. The fraction of sp³-hybridized carbons (Fsp3) is 0.474. The fourth-order valence-electron chi connectivity index (χ4n) is 2.43. The van der Waals surface area contributed by atoms with Crippen LogP contribution < -0.4 is 10.6 Å². The van der Waals surface area contributed by atoms with Crippen LogP contribution in [0.1, 0.15) is 28.1 Å². The number of nitrogens with one attached hydrogen (secondary N) is 2. The normalized spacial score (nSPS) is 11.8. The van der Waals surface area contributed by atoms with Crippen molar-refractivity contribution in [2.75, 3.05) is 26.7 Å². The van der Waals surface area contributed by atoms with Gasteiger partial charge in [0.25, 0.3) is 0 Å². The van der Waals surface area contributed by atoms with E-state index in [1.165, 1.54) is 10.4 Å². The molecule has 0 aliphatic rings. The molecule has 0 aliphatic heterocycles. The molecule has 2 aromatic rings. The standard InChI is InChI=1S/C19H29N5S/c1-5-20-19(22-13-18-23-15(2)16(3)25-18)21-11-12-24(4)14-17-9-7-6-8-10-17/h6-10H,5,11-14H2,1-4H3,(H2,20,21,22). The Bertz CT molecular complexity index is 646. The average molecular weight is 360 g/mol. The smallest absolute Gasteiger partial charge is 0.191 e. The largest absolute Gasteiger partial charge is 0.357 e. The molecule has 2 rings (SSSR count). The summed E-state index contributed by atoms with van der Waals surface area (Å²) in [7, 11) is 2.14. The number of rotatable bonds is 8. The van der Waals surface area contributed by atoms with Crippen LogP contribution >= 0.6 is 11.3 Å². The Morgan fingerprint density at radius 1 is 1.20 bits per heavy atom. The molecule has 0 unspecified atom stereocenters. The molecule has 0 amide bonds. The fourth-order valence-corrected chi connectivity index (χ4v) is 3.29. The second-order valence-electron chi connectivity index (χ2n) is 6.09. The molecule has 1 aromatic heterocycles. The lowest BCUT2D eigenvalue weighted by Crippen LogP contribution is -2.40. The van der Waals surface area contributed by atoms with Crippen molar-refractivity contribution in [2.24, 2.45) is 4.99 Å². The number of thiazole rings is 1. The van der Waals surface area contributed by atoms with Crippen LogP contribution in [0.4, 0.5) is 0 Å². The first-order valence-corrected chi connectivity index (χ1v) is 9.57. The molecule has 0 aliphatic carbocycles. The van der Waals surface area contributed by atoms with Gasteiger partial charge in [0.2, 0.25) is 0 Å². The van der Waals surface area contributed by atoms with E-state index in [0.29, 0.717) is 6.54 Å². The quantitative estimate of drug-likeness (QED) is 0.562. The molecule has 0 saturated carbocycles. The van der Waals surface area contributed by atoms with Gasteiger partial charge in [0, 0.05) is 31.1 Å². The molecule has 1 aromatic carbocycles. The monoisotopic (exact) mass is 359 g/mol. The Balaban J connectivity index is 1.79. The van der Waals surface area contributed by atoms with Crippen LogP contribution in [0, 0.1) is 13.8 Å². The van der Waals surface area contributed by atoms with Gasteiger partial charge in [-0.2, -0.15) is 0 Å². The van der Waals surface area contributed by atoms with E-state index < -0.39 is 0 Å². The highest BCUT2D eigenvalue weighted by Crippen LogP contribution is 2.16. The first-order valence-electron chi connectivity index (χ1n) is 8.76. The maximum absolute atomic E-state index is 4.64. The molecule has 0 bridgehead atoms. The number of hydrogen-bond donors (Lipinski definition) is 2. The summed E-state index contributed by atoms with van der Waals surface area (Å²) in [5, 5.41) is 7.76. The molecular formula is C19H29N5S. The molecule has 25 heavy (non-hydrogen) atoms. The lowest BCUT2D eigenvalue weighted by molar-refractivity contribution is 0.331. The zero-order valence-corrected chi connectivity index (χ0v) is 16.5. The Morgan fingerprint density at radius 3 is 2.60 bits per heavy atom. The van der Waals surface area contributed by atoms with E-state index >= 15 is 0 Å². The first-order chi connectivity index (χ1) is 12.1. The van der Waals surface area contributed by atoms with Gasteiger partial charge in [-0.15, -0.1) is 11.3 Å². The predicted molar refractivity (Wildman–Crippen MR) is 107 cm³/mol. The van der Waals surface area contributed by atoms with E-state index in [1.54, 1.807) is 11.3 Å². The summed E-state index contributed by atoms with van der Waals surface area (Å²) >= 11 is 1.72. The number of aryl methyl sites for hydroxylation is 2. The van der Waals surface area contributed by atoms with Crippen molar-refractivity contribution >= 4 is 17.3 Å². The van der Waals surface area contributed by atoms with Crippen LogP contribution in [-0.2, 0) is 13.1 Å². The second kappa shape index (κ2) is 10.2. The van der Waals surface area contributed by atoms with E-state index in [2.05, 4.69) is 76.7 Å². The van der Waals surface area contributed by atoms with Crippen LogP contribution in [-0.4, -0.2) is 42.5 Å². The van der Waals surface area contributed by atoms with Crippen LogP contribution in [0.15, 0.2) is 35.3 Å². The number of nitrogens with zero attached hydrogens (tertiary/aromatic N) is 3.